The number of aryl methyl sites for hydroxylation is 1. The molecular formula is C25H32FN6O3+. The maximum absolute atomic E-state index is 13.4. The van der Waals surface area contributed by atoms with Gasteiger partial charge in [0.1, 0.15) is 22.8 Å². The summed E-state index contributed by atoms with van der Waals surface area (Å²) in [4.78, 5) is 36.2. The Kier molecular flexibility index (Phi) is 8.16. The van der Waals surface area contributed by atoms with E-state index < -0.39 is 17.6 Å². The van der Waals surface area contributed by atoms with Crippen LogP contribution in [0.3, 0.4) is 0 Å². The topological polar surface area (TPSA) is 147 Å². The molecule has 10 heteroatoms. The van der Waals surface area contributed by atoms with E-state index in [0.29, 0.717) is 67.1 Å². The molecule has 0 spiro atoms. The summed E-state index contributed by atoms with van der Waals surface area (Å²) in [5.74, 6) is -0.509. The van der Waals surface area contributed by atoms with Gasteiger partial charge in [0.2, 0.25) is 5.69 Å². The number of hydrogen-bond acceptors (Lipinski definition) is 6. The van der Waals surface area contributed by atoms with Gasteiger partial charge in [-0.25, -0.2) is 14.2 Å². The second-order valence-corrected chi connectivity index (χ2v) is 9.25. The smallest absolute Gasteiger partial charge is 0.407 e. The third-order valence-corrected chi connectivity index (χ3v) is 5.30. The first kappa shape index (κ1) is 25.8. The van der Waals surface area contributed by atoms with Gasteiger partial charge in [-0.1, -0.05) is 0 Å². The molecule has 0 saturated heterocycles. The number of hydrogen-bond donors (Lipinski definition) is 3. The molecule has 186 valence electrons. The number of benzene rings is 1. The highest BCUT2D eigenvalue weighted by Crippen LogP contribution is 2.26. The third kappa shape index (κ3) is 7.08. The molecule has 0 fully saturated rings. The molecule has 3 rings (SSSR count). The number of H-pyrrole nitrogens is 1. The predicted octanol–water partition coefficient (Wildman–Crippen LogP) is 2.44. The van der Waals surface area contributed by atoms with Gasteiger partial charge in [0.05, 0.1) is 11.8 Å². The zero-order chi connectivity index (χ0) is 25.6. The number of carbonyl (C=O) groups is 2. The lowest BCUT2D eigenvalue weighted by Crippen LogP contribution is -2.33. The lowest BCUT2D eigenvalue weighted by molar-refractivity contribution is -0.369. The van der Waals surface area contributed by atoms with Crippen molar-refractivity contribution >= 4 is 17.7 Å². The van der Waals surface area contributed by atoms with E-state index >= 15 is 0 Å². The predicted molar refractivity (Wildman–Crippen MR) is 130 cm³/mol. The van der Waals surface area contributed by atoms with Crippen molar-refractivity contribution in [2.75, 3.05) is 13.1 Å². The zero-order valence-corrected chi connectivity index (χ0v) is 20.3. The highest BCUT2D eigenvalue weighted by Gasteiger charge is 2.30. The average molecular weight is 484 g/mol. The highest BCUT2D eigenvalue weighted by molar-refractivity contribution is 6.16. The van der Waals surface area contributed by atoms with Gasteiger partial charge in [-0.15, -0.1) is 0 Å². The fourth-order valence-corrected chi connectivity index (χ4v) is 3.63. The molecule has 9 nitrogen and oxygen atoms in total. The van der Waals surface area contributed by atoms with Crippen LogP contribution < -0.4 is 21.8 Å². The number of fused-ring (bicyclic) bond motifs is 1. The fraction of sp³-hybridized carbons (Fsp3) is 0.400. The van der Waals surface area contributed by atoms with Crippen molar-refractivity contribution in [2.45, 2.75) is 52.1 Å². The van der Waals surface area contributed by atoms with E-state index in [0.717, 1.165) is 5.56 Å². The molecule has 1 aromatic carbocycles. The SMILES string of the molecule is CC(C)(C)OC(=O)NCCCCN=C1/C(=C(\N)C(N)=O)CCc2c[nH+]c(-c3ccc(F)cc3)nc21. The number of allylic oxidation sites excluding steroid dienone is 1. The molecule has 1 aromatic heterocycles. The molecule has 0 aliphatic heterocycles. The number of primary amides is 1. The van der Waals surface area contributed by atoms with E-state index in [-0.39, 0.29) is 11.5 Å². The van der Waals surface area contributed by atoms with E-state index in [1.54, 1.807) is 32.9 Å². The van der Waals surface area contributed by atoms with Crippen molar-refractivity contribution < 1.29 is 23.7 Å². The summed E-state index contributed by atoms with van der Waals surface area (Å²) in [7, 11) is 0. The zero-order valence-electron chi connectivity index (χ0n) is 20.3. The number of nitrogens with two attached hydrogens (primary N) is 2. The molecule has 0 unspecified atom stereocenters. The van der Waals surface area contributed by atoms with E-state index in [4.69, 9.17) is 26.2 Å². The van der Waals surface area contributed by atoms with E-state index in [9.17, 15) is 14.0 Å². The van der Waals surface area contributed by atoms with Gasteiger partial charge in [-0.3, -0.25) is 9.79 Å². The van der Waals surface area contributed by atoms with Crippen LogP contribution in [0.4, 0.5) is 9.18 Å². The summed E-state index contributed by atoms with van der Waals surface area (Å²) in [5.41, 5.74) is 14.3. The minimum absolute atomic E-state index is 0.0287. The number of aliphatic imine (C=N–C) groups is 1. The molecule has 0 atom stereocenters. The van der Waals surface area contributed by atoms with Crippen LogP contribution in [0.1, 0.15) is 51.3 Å². The first-order chi connectivity index (χ1) is 16.5. The Morgan fingerprint density at radius 3 is 2.54 bits per heavy atom. The van der Waals surface area contributed by atoms with Crippen molar-refractivity contribution in [3.05, 3.63) is 58.8 Å². The van der Waals surface area contributed by atoms with Gasteiger partial charge in [0.15, 0.2) is 0 Å². The number of carbonyl (C=O) groups excluding carboxylic acids is 2. The normalized spacial score (nSPS) is 15.9. The molecule has 0 saturated carbocycles. The number of alkyl carbamates (subject to hydrolysis) is 1. The standard InChI is InChI=1S/C25H31FN6O3/c1-25(2,3)35-24(34)30-13-5-4-12-29-21-18(19(27)22(28)33)11-8-16-14-31-23(32-20(16)21)15-6-9-17(26)10-7-15/h6-7,9-10,14H,4-5,8,11-13,27H2,1-3H3,(H2,28,33)(H,30,34)/p+1/b19-18-,29-21?. The van der Waals surface area contributed by atoms with E-state index in [1.807, 2.05) is 6.20 Å². The van der Waals surface area contributed by atoms with Gasteiger partial charge in [-0.05, 0) is 75.7 Å². The Hall–Kier alpha value is -3.82. The molecule has 0 radical (unpaired) electrons. The molecule has 2 aromatic rings. The fourth-order valence-electron chi connectivity index (χ4n) is 3.63. The number of aromatic amines is 1. The van der Waals surface area contributed by atoms with Gasteiger partial charge in [-0.2, -0.15) is 0 Å². The molecule has 2 amide bonds. The molecule has 1 aliphatic carbocycles. The Morgan fingerprint density at radius 2 is 1.89 bits per heavy atom. The minimum atomic E-state index is -0.709. The summed E-state index contributed by atoms with van der Waals surface area (Å²) in [6.07, 6.45) is 3.88. The van der Waals surface area contributed by atoms with Gasteiger partial charge >= 0.3 is 11.9 Å². The molecule has 0 bridgehead atoms. The summed E-state index contributed by atoms with van der Waals surface area (Å²) >= 11 is 0. The van der Waals surface area contributed by atoms with Crippen LogP contribution in [0.25, 0.3) is 11.4 Å². The van der Waals surface area contributed by atoms with Crippen molar-refractivity contribution in [3.8, 4) is 11.4 Å². The molecular weight excluding hydrogens is 451 g/mol. The van der Waals surface area contributed by atoms with Crippen molar-refractivity contribution in [2.24, 2.45) is 16.5 Å². The van der Waals surface area contributed by atoms with Crippen molar-refractivity contribution in [1.82, 2.24) is 10.3 Å². The number of nitrogens with one attached hydrogen (secondary N) is 2. The second kappa shape index (κ2) is 11.1. The number of rotatable bonds is 7. The van der Waals surface area contributed by atoms with Crippen LogP contribution in [0.2, 0.25) is 0 Å². The van der Waals surface area contributed by atoms with Gasteiger partial charge in [0.25, 0.3) is 5.91 Å². The first-order valence-electron chi connectivity index (χ1n) is 11.5. The van der Waals surface area contributed by atoms with Crippen LogP contribution in [-0.2, 0) is 16.0 Å². The number of ether oxygens (including phenoxy) is 1. The van der Waals surface area contributed by atoms with Crippen molar-refractivity contribution in [3.63, 3.8) is 0 Å². The Bertz CT molecular complexity index is 1150. The van der Waals surface area contributed by atoms with Crippen LogP contribution in [0.5, 0.6) is 0 Å². The molecule has 35 heavy (non-hydrogen) atoms. The van der Waals surface area contributed by atoms with Crippen LogP contribution >= 0.6 is 0 Å². The van der Waals surface area contributed by atoms with Crippen molar-refractivity contribution in [1.29, 1.82) is 0 Å². The van der Waals surface area contributed by atoms with E-state index in [2.05, 4.69) is 10.3 Å². The maximum atomic E-state index is 13.4. The average Bonchev–Trinajstić information content (AvgIpc) is 2.79. The Morgan fingerprint density at radius 1 is 1.17 bits per heavy atom. The van der Waals surface area contributed by atoms with Gasteiger partial charge in [0, 0.05) is 24.2 Å². The Labute approximate surface area is 203 Å². The monoisotopic (exact) mass is 483 g/mol. The van der Waals surface area contributed by atoms with Crippen LogP contribution in [-0.4, -0.2) is 41.4 Å². The highest BCUT2D eigenvalue weighted by atomic mass is 19.1. The quantitative estimate of drug-likeness (QED) is 0.409. The number of nitrogens with zero attached hydrogens (tertiary/aromatic N) is 2. The maximum Gasteiger partial charge on any atom is 0.407 e. The molecule has 6 N–H and O–H groups in total. The number of aromatic nitrogens is 2. The summed E-state index contributed by atoms with van der Waals surface area (Å²) < 4.78 is 18.6. The number of amides is 2. The van der Waals surface area contributed by atoms with E-state index in [1.165, 1.54) is 12.1 Å². The third-order valence-electron chi connectivity index (χ3n) is 5.30. The van der Waals surface area contributed by atoms with Crippen LogP contribution in [0.15, 0.2) is 46.7 Å². The Balaban J connectivity index is 1.79. The lowest BCUT2D eigenvalue weighted by atomic mass is 9.88. The lowest BCUT2D eigenvalue weighted by Gasteiger charge is -2.19. The molecule has 1 heterocycles. The number of halogens is 1. The summed E-state index contributed by atoms with van der Waals surface area (Å²) in [6.45, 7) is 6.31. The van der Waals surface area contributed by atoms with Gasteiger partial charge < -0.3 is 21.5 Å². The summed E-state index contributed by atoms with van der Waals surface area (Å²) in [5, 5.41) is 2.72. The van der Waals surface area contributed by atoms with Crippen LogP contribution in [0, 0.1) is 5.82 Å². The largest absolute Gasteiger partial charge is 0.444 e. The first-order valence-corrected chi connectivity index (χ1v) is 11.5. The minimum Gasteiger partial charge on any atom is -0.444 e. The summed E-state index contributed by atoms with van der Waals surface area (Å²) in [6, 6.07) is 5.99. The molecule has 1 aliphatic rings. The second-order valence-electron chi connectivity index (χ2n) is 9.25. The number of unbranched alkanes of at least 4 members (excludes halogenated alkanes) is 1.